The van der Waals surface area contributed by atoms with Gasteiger partial charge >= 0.3 is 0 Å². The smallest absolute Gasteiger partial charge is 0.251 e. The minimum absolute atomic E-state index is 0.0887. The third-order valence-corrected chi connectivity index (χ3v) is 3.96. The van der Waals surface area contributed by atoms with Crippen LogP contribution in [0, 0.1) is 18.7 Å². The third kappa shape index (κ3) is 4.50. The highest BCUT2D eigenvalue weighted by molar-refractivity contribution is 6.21. The van der Waals surface area contributed by atoms with E-state index in [1.807, 2.05) is 0 Å². The largest absolute Gasteiger partial charge is 0.351 e. The fourth-order valence-electron chi connectivity index (χ4n) is 1.99. The Morgan fingerprint density at radius 2 is 2.00 bits per heavy atom. The normalized spacial score (nSPS) is 12.5. The summed E-state index contributed by atoms with van der Waals surface area (Å²) in [4.78, 5) is 11.9. The number of hydrogen-bond acceptors (Lipinski definition) is 1. The average molecular weight is 286 g/mol. The van der Waals surface area contributed by atoms with Crippen molar-refractivity contribution in [2.45, 2.75) is 39.0 Å². The molecule has 0 fully saturated rings. The summed E-state index contributed by atoms with van der Waals surface area (Å²) >= 11 is 6.25. The summed E-state index contributed by atoms with van der Waals surface area (Å²) in [6.45, 7) is 6.24. The quantitative estimate of drug-likeness (QED) is 0.789. The molecule has 0 aromatic heterocycles. The van der Waals surface area contributed by atoms with Crippen molar-refractivity contribution in [1.82, 2.24) is 5.32 Å². The molecule has 106 valence electrons. The Bertz CT molecular complexity index is 432. The molecular weight excluding hydrogens is 265 g/mol. The Kier molecular flexibility index (Phi) is 6.29. The lowest BCUT2D eigenvalue weighted by molar-refractivity contribution is 0.0951. The summed E-state index contributed by atoms with van der Waals surface area (Å²) in [5, 5.41) is 2.67. The van der Waals surface area contributed by atoms with Gasteiger partial charge in [-0.15, -0.1) is 11.6 Å². The van der Waals surface area contributed by atoms with Crippen molar-refractivity contribution < 1.29 is 9.18 Å². The molecule has 0 radical (unpaired) electrons. The Morgan fingerprint density at radius 3 is 2.53 bits per heavy atom. The van der Waals surface area contributed by atoms with Gasteiger partial charge in [0.25, 0.3) is 5.91 Å². The van der Waals surface area contributed by atoms with Crippen LogP contribution in [0.5, 0.6) is 0 Å². The first-order chi connectivity index (χ1) is 8.99. The van der Waals surface area contributed by atoms with Crippen LogP contribution in [-0.4, -0.2) is 17.8 Å². The van der Waals surface area contributed by atoms with Crippen LogP contribution in [0.1, 0.15) is 42.6 Å². The topological polar surface area (TPSA) is 29.1 Å². The number of hydrogen-bond donors (Lipinski definition) is 1. The predicted octanol–water partition coefficient (Wildman–Crippen LogP) is 3.91. The van der Waals surface area contributed by atoms with E-state index in [1.54, 1.807) is 19.1 Å². The molecule has 1 aromatic rings. The molecule has 1 atom stereocenters. The van der Waals surface area contributed by atoms with Gasteiger partial charge in [0, 0.05) is 12.1 Å². The van der Waals surface area contributed by atoms with Crippen molar-refractivity contribution in [2.75, 3.05) is 6.54 Å². The summed E-state index contributed by atoms with van der Waals surface area (Å²) in [5.74, 6) is -0.262. The van der Waals surface area contributed by atoms with Crippen LogP contribution >= 0.6 is 11.6 Å². The van der Waals surface area contributed by atoms with E-state index in [0.717, 1.165) is 12.8 Å². The molecular formula is C15H21ClFNO. The van der Waals surface area contributed by atoms with Crippen LogP contribution in [0.25, 0.3) is 0 Å². The highest BCUT2D eigenvalue weighted by Gasteiger charge is 2.17. The van der Waals surface area contributed by atoms with E-state index in [1.165, 1.54) is 6.07 Å². The fourth-order valence-corrected chi connectivity index (χ4v) is 2.43. The van der Waals surface area contributed by atoms with Gasteiger partial charge in [-0.25, -0.2) is 4.39 Å². The van der Waals surface area contributed by atoms with Gasteiger partial charge in [-0.05, 0) is 30.5 Å². The highest BCUT2D eigenvalue weighted by atomic mass is 35.5. The highest BCUT2D eigenvalue weighted by Crippen LogP contribution is 2.18. The van der Waals surface area contributed by atoms with Gasteiger partial charge in [-0.3, -0.25) is 4.79 Å². The SMILES string of the molecule is CCC(CC)C(Cl)CNC(=O)c1ccc(C)c(F)c1. The molecule has 1 rings (SSSR count). The fraction of sp³-hybridized carbons (Fsp3) is 0.533. The number of benzene rings is 1. The summed E-state index contributed by atoms with van der Waals surface area (Å²) in [7, 11) is 0. The van der Waals surface area contributed by atoms with Crippen molar-refractivity contribution in [3.63, 3.8) is 0 Å². The maximum absolute atomic E-state index is 13.4. The number of alkyl halides is 1. The lowest BCUT2D eigenvalue weighted by Crippen LogP contribution is -2.33. The molecule has 19 heavy (non-hydrogen) atoms. The first-order valence-electron chi connectivity index (χ1n) is 6.68. The zero-order valence-electron chi connectivity index (χ0n) is 11.7. The van der Waals surface area contributed by atoms with E-state index in [9.17, 15) is 9.18 Å². The first-order valence-corrected chi connectivity index (χ1v) is 7.11. The van der Waals surface area contributed by atoms with Crippen LogP contribution in [0.3, 0.4) is 0 Å². The Morgan fingerprint density at radius 1 is 1.37 bits per heavy atom. The van der Waals surface area contributed by atoms with Gasteiger partial charge in [0.1, 0.15) is 5.82 Å². The molecule has 2 nitrogen and oxygen atoms in total. The molecule has 4 heteroatoms. The first kappa shape index (κ1) is 16.0. The molecule has 1 unspecified atom stereocenters. The van der Waals surface area contributed by atoms with Gasteiger partial charge < -0.3 is 5.32 Å². The maximum Gasteiger partial charge on any atom is 0.251 e. The molecule has 0 saturated heterocycles. The number of aryl methyl sites for hydroxylation is 1. The third-order valence-electron chi connectivity index (χ3n) is 3.45. The molecule has 0 bridgehead atoms. The second-order valence-electron chi connectivity index (χ2n) is 4.77. The van der Waals surface area contributed by atoms with Crippen LogP contribution in [-0.2, 0) is 0 Å². The summed E-state index contributed by atoms with van der Waals surface area (Å²) in [5.41, 5.74) is 0.861. The van der Waals surface area contributed by atoms with Gasteiger partial charge in [0.05, 0.1) is 5.38 Å². The Hall–Kier alpha value is -1.09. The number of carbonyl (C=O) groups excluding carboxylic acids is 1. The number of amides is 1. The standard InChI is InChI=1S/C15H21ClFNO/c1-4-11(5-2)13(16)9-18-15(19)12-7-6-10(3)14(17)8-12/h6-8,11,13H,4-5,9H2,1-3H3,(H,18,19). The monoisotopic (exact) mass is 285 g/mol. The lowest BCUT2D eigenvalue weighted by atomic mass is 9.99. The maximum atomic E-state index is 13.4. The Labute approximate surface area is 119 Å². The van der Waals surface area contributed by atoms with E-state index >= 15 is 0 Å². The van der Waals surface area contributed by atoms with Crippen molar-refractivity contribution in [3.8, 4) is 0 Å². The van der Waals surface area contributed by atoms with Crippen molar-refractivity contribution >= 4 is 17.5 Å². The molecule has 1 amide bonds. The average Bonchev–Trinajstić information content (AvgIpc) is 2.40. The van der Waals surface area contributed by atoms with Gasteiger partial charge in [0.2, 0.25) is 0 Å². The van der Waals surface area contributed by atoms with E-state index in [0.29, 0.717) is 23.6 Å². The minimum atomic E-state index is -0.366. The van der Waals surface area contributed by atoms with E-state index in [2.05, 4.69) is 19.2 Å². The lowest BCUT2D eigenvalue weighted by Gasteiger charge is -2.19. The molecule has 0 aliphatic heterocycles. The Balaban J connectivity index is 2.58. The number of rotatable bonds is 6. The van der Waals surface area contributed by atoms with Gasteiger partial charge in [-0.2, -0.15) is 0 Å². The number of nitrogens with one attached hydrogen (secondary N) is 1. The van der Waals surface area contributed by atoms with Crippen molar-refractivity contribution in [3.05, 3.63) is 35.1 Å². The zero-order chi connectivity index (χ0) is 14.4. The minimum Gasteiger partial charge on any atom is -0.351 e. The van der Waals surface area contributed by atoms with Gasteiger partial charge in [-0.1, -0.05) is 32.8 Å². The van der Waals surface area contributed by atoms with E-state index in [-0.39, 0.29) is 17.1 Å². The molecule has 0 aliphatic rings. The van der Waals surface area contributed by atoms with Gasteiger partial charge in [0.15, 0.2) is 0 Å². The summed E-state index contributed by atoms with van der Waals surface area (Å²) in [6, 6.07) is 4.47. The molecule has 1 aromatic carbocycles. The second-order valence-corrected chi connectivity index (χ2v) is 5.33. The predicted molar refractivity (Wildman–Crippen MR) is 77.2 cm³/mol. The van der Waals surface area contributed by atoms with Crippen molar-refractivity contribution in [1.29, 1.82) is 0 Å². The second kappa shape index (κ2) is 7.49. The molecule has 0 heterocycles. The van der Waals surface area contributed by atoms with Crippen molar-refractivity contribution in [2.24, 2.45) is 5.92 Å². The van der Waals surface area contributed by atoms with E-state index < -0.39 is 0 Å². The van der Waals surface area contributed by atoms with E-state index in [4.69, 9.17) is 11.6 Å². The van der Waals surface area contributed by atoms with Crippen LogP contribution < -0.4 is 5.32 Å². The van der Waals surface area contributed by atoms with Crippen LogP contribution in [0.4, 0.5) is 4.39 Å². The number of halogens is 2. The van der Waals surface area contributed by atoms with Crippen LogP contribution in [0.15, 0.2) is 18.2 Å². The molecule has 0 saturated carbocycles. The number of carbonyl (C=O) groups is 1. The molecule has 0 spiro atoms. The zero-order valence-corrected chi connectivity index (χ0v) is 12.4. The summed E-state index contributed by atoms with van der Waals surface area (Å²) < 4.78 is 13.4. The van der Waals surface area contributed by atoms with Crippen LogP contribution in [0.2, 0.25) is 0 Å². The molecule has 1 N–H and O–H groups in total. The summed E-state index contributed by atoms with van der Waals surface area (Å²) in [6.07, 6.45) is 1.97. The molecule has 0 aliphatic carbocycles.